The number of nitrogens with one attached hydrogen (secondary N) is 1. The molecule has 5 heteroatoms. The average Bonchev–Trinajstić information content (AvgIpc) is 3.06. The van der Waals surface area contributed by atoms with Crippen LogP contribution in [0.4, 0.5) is 0 Å². The third kappa shape index (κ3) is 4.40. The zero-order chi connectivity index (χ0) is 16.8. The van der Waals surface area contributed by atoms with Crippen LogP contribution in [-0.4, -0.2) is 12.7 Å². The first-order valence-corrected chi connectivity index (χ1v) is 7.85. The van der Waals surface area contributed by atoms with Crippen LogP contribution in [0.1, 0.15) is 11.1 Å². The Morgan fingerprint density at radius 1 is 1.08 bits per heavy atom. The minimum absolute atomic E-state index is 0.153. The highest BCUT2D eigenvalue weighted by molar-refractivity contribution is 6.30. The number of carbonyl (C=O) groups excluding carboxylic acids is 1. The lowest BCUT2D eigenvalue weighted by atomic mass is 10.2. The Bertz CT molecular complexity index is 782. The first-order chi connectivity index (χ1) is 11.7. The van der Waals surface area contributed by atoms with Gasteiger partial charge < -0.3 is 14.8 Å². The predicted molar refractivity (Wildman–Crippen MR) is 94.0 cm³/mol. The van der Waals surface area contributed by atoms with E-state index in [0.717, 1.165) is 22.6 Å². The molecule has 2 aromatic carbocycles. The third-order valence-corrected chi connectivity index (χ3v) is 3.68. The lowest BCUT2D eigenvalue weighted by Crippen LogP contribution is -2.20. The number of allylic oxidation sites excluding steroid dienone is 2. The largest absolute Gasteiger partial charge is 0.454 e. The molecule has 0 saturated carbocycles. The van der Waals surface area contributed by atoms with Crippen LogP contribution in [0, 0.1) is 0 Å². The van der Waals surface area contributed by atoms with Gasteiger partial charge in [0.25, 0.3) is 0 Å². The molecule has 0 aromatic heterocycles. The molecule has 3 rings (SSSR count). The van der Waals surface area contributed by atoms with Crippen LogP contribution in [0.5, 0.6) is 11.5 Å². The van der Waals surface area contributed by atoms with Crippen molar-refractivity contribution in [1.82, 2.24) is 5.32 Å². The van der Waals surface area contributed by atoms with Crippen LogP contribution < -0.4 is 14.8 Å². The van der Waals surface area contributed by atoms with Crippen molar-refractivity contribution in [3.05, 3.63) is 76.8 Å². The minimum Gasteiger partial charge on any atom is -0.454 e. The van der Waals surface area contributed by atoms with Gasteiger partial charge in [0.2, 0.25) is 12.7 Å². The number of benzene rings is 2. The molecule has 0 radical (unpaired) electrons. The van der Waals surface area contributed by atoms with Crippen molar-refractivity contribution in [3.8, 4) is 11.5 Å². The van der Waals surface area contributed by atoms with Gasteiger partial charge in [0, 0.05) is 17.6 Å². The zero-order valence-electron chi connectivity index (χ0n) is 12.9. The van der Waals surface area contributed by atoms with E-state index in [0.29, 0.717) is 11.6 Å². The first kappa shape index (κ1) is 16.1. The van der Waals surface area contributed by atoms with E-state index < -0.39 is 0 Å². The fourth-order valence-electron chi connectivity index (χ4n) is 2.18. The first-order valence-electron chi connectivity index (χ1n) is 7.47. The van der Waals surface area contributed by atoms with Gasteiger partial charge in [-0.05, 0) is 35.4 Å². The van der Waals surface area contributed by atoms with E-state index in [1.54, 1.807) is 24.3 Å². The number of carbonyl (C=O) groups is 1. The van der Waals surface area contributed by atoms with Gasteiger partial charge in [-0.25, -0.2) is 0 Å². The zero-order valence-corrected chi connectivity index (χ0v) is 13.6. The van der Waals surface area contributed by atoms with Crippen molar-refractivity contribution >= 4 is 23.6 Å². The molecule has 0 saturated heterocycles. The van der Waals surface area contributed by atoms with E-state index in [2.05, 4.69) is 5.32 Å². The van der Waals surface area contributed by atoms with Gasteiger partial charge in [-0.3, -0.25) is 4.79 Å². The number of fused-ring (bicyclic) bond motifs is 1. The summed E-state index contributed by atoms with van der Waals surface area (Å²) in [5.74, 6) is 1.34. The van der Waals surface area contributed by atoms with Crippen molar-refractivity contribution in [3.63, 3.8) is 0 Å². The van der Waals surface area contributed by atoms with E-state index in [4.69, 9.17) is 21.1 Å². The van der Waals surface area contributed by atoms with Crippen molar-refractivity contribution < 1.29 is 14.3 Å². The van der Waals surface area contributed by atoms with E-state index in [-0.39, 0.29) is 12.7 Å². The van der Waals surface area contributed by atoms with Crippen LogP contribution in [0.2, 0.25) is 5.02 Å². The number of rotatable bonds is 5. The molecule has 4 nitrogen and oxygen atoms in total. The summed E-state index contributed by atoms with van der Waals surface area (Å²) in [7, 11) is 0. The summed E-state index contributed by atoms with van der Waals surface area (Å²) in [6.45, 7) is 0.725. The van der Waals surface area contributed by atoms with Crippen molar-refractivity contribution in [2.24, 2.45) is 0 Å². The summed E-state index contributed by atoms with van der Waals surface area (Å²) >= 11 is 5.82. The number of amides is 1. The van der Waals surface area contributed by atoms with Crippen LogP contribution >= 0.6 is 11.6 Å². The van der Waals surface area contributed by atoms with Gasteiger partial charge in [-0.1, -0.05) is 48.0 Å². The Labute approximate surface area is 145 Å². The Balaban J connectivity index is 1.48. The van der Waals surface area contributed by atoms with E-state index in [1.165, 1.54) is 6.08 Å². The lowest BCUT2D eigenvalue weighted by molar-refractivity contribution is -0.116. The van der Waals surface area contributed by atoms with E-state index in [1.807, 2.05) is 36.4 Å². The van der Waals surface area contributed by atoms with Gasteiger partial charge in [0.15, 0.2) is 11.5 Å². The molecular weight excluding hydrogens is 326 g/mol. The Hall–Kier alpha value is -2.72. The fraction of sp³-hybridized carbons (Fsp3) is 0.105. The minimum atomic E-state index is -0.153. The van der Waals surface area contributed by atoms with Gasteiger partial charge in [-0.2, -0.15) is 0 Å². The second-order valence-electron chi connectivity index (χ2n) is 5.18. The molecule has 1 aliphatic heterocycles. The second-order valence-corrected chi connectivity index (χ2v) is 5.61. The normalized spacial score (nSPS) is 12.9. The van der Waals surface area contributed by atoms with E-state index in [9.17, 15) is 4.79 Å². The topological polar surface area (TPSA) is 47.6 Å². The summed E-state index contributed by atoms with van der Waals surface area (Å²) in [6.07, 6.45) is 6.88. The van der Waals surface area contributed by atoms with Crippen molar-refractivity contribution in [1.29, 1.82) is 0 Å². The quantitative estimate of drug-likeness (QED) is 0.661. The Morgan fingerprint density at radius 2 is 1.88 bits per heavy atom. The standard InChI is InChI=1S/C19H16ClNO3/c20-16-8-5-15(6-9-16)12-21-19(22)4-2-1-3-14-7-10-17-18(11-14)24-13-23-17/h1-11H,12-13H2,(H,21,22)/b3-1+,4-2+. The van der Waals surface area contributed by atoms with Crippen LogP contribution in [-0.2, 0) is 11.3 Å². The summed E-state index contributed by atoms with van der Waals surface area (Å²) in [5.41, 5.74) is 1.97. The molecule has 1 N–H and O–H groups in total. The van der Waals surface area contributed by atoms with Crippen molar-refractivity contribution in [2.75, 3.05) is 6.79 Å². The van der Waals surface area contributed by atoms with Crippen LogP contribution in [0.3, 0.4) is 0 Å². The number of hydrogen-bond donors (Lipinski definition) is 1. The lowest BCUT2D eigenvalue weighted by Gasteiger charge is -2.02. The predicted octanol–water partition coefficient (Wildman–Crippen LogP) is 3.95. The molecule has 0 aliphatic carbocycles. The maximum atomic E-state index is 11.8. The van der Waals surface area contributed by atoms with Gasteiger partial charge in [-0.15, -0.1) is 0 Å². The molecule has 1 aliphatic rings. The molecule has 0 spiro atoms. The Morgan fingerprint density at radius 3 is 2.71 bits per heavy atom. The Kier molecular flexibility index (Phi) is 5.18. The third-order valence-electron chi connectivity index (χ3n) is 3.42. The summed E-state index contributed by atoms with van der Waals surface area (Å²) < 4.78 is 10.6. The molecule has 0 fully saturated rings. The summed E-state index contributed by atoms with van der Waals surface area (Å²) in [5, 5.41) is 3.49. The van der Waals surface area contributed by atoms with Gasteiger partial charge in [0.1, 0.15) is 0 Å². The number of hydrogen-bond acceptors (Lipinski definition) is 3. The van der Waals surface area contributed by atoms with Gasteiger partial charge >= 0.3 is 0 Å². The monoisotopic (exact) mass is 341 g/mol. The molecule has 0 atom stereocenters. The van der Waals surface area contributed by atoms with Crippen LogP contribution in [0.25, 0.3) is 6.08 Å². The number of ether oxygens (including phenoxy) is 2. The molecule has 2 aromatic rings. The SMILES string of the molecule is O=C(/C=C/C=C/c1ccc2c(c1)OCO2)NCc1ccc(Cl)cc1. The molecule has 0 bridgehead atoms. The van der Waals surface area contributed by atoms with Crippen molar-refractivity contribution in [2.45, 2.75) is 6.54 Å². The second kappa shape index (κ2) is 7.70. The summed E-state index contributed by atoms with van der Waals surface area (Å²) in [6, 6.07) is 13.0. The van der Waals surface area contributed by atoms with E-state index >= 15 is 0 Å². The highest BCUT2D eigenvalue weighted by atomic mass is 35.5. The maximum Gasteiger partial charge on any atom is 0.244 e. The van der Waals surface area contributed by atoms with Gasteiger partial charge in [0.05, 0.1) is 0 Å². The number of halogens is 1. The molecule has 0 unspecified atom stereocenters. The van der Waals surface area contributed by atoms with Crippen LogP contribution in [0.15, 0.2) is 60.7 Å². The smallest absolute Gasteiger partial charge is 0.244 e. The highest BCUT2D eigenvalue weighted by Crippen LogP contribution is 2.32. The molecular formula is C19H16ClNO3. The average molecular weight is 342 g/mol. The fourth-order valence-corrected chi connectivity index (χ4v) is 2.30. The molecule has 24 heavy (non-hydrogen) atoms. The molecule has 1 amide bonds. The molecule has 1 heterocycles. The molecule has 122 valence electrons. The maximum absolute atomic E-state index is 11.8. The highest BCUT2D eigenvalue weighted by Gasteiger charge is 2.11. The summed E-state index contributed by atoms with van der Waals surface area (Å²) in [4.78, 5) is 11.8.